The van der Waals surface area contributed by atoms with Gasteiger partial charge in [-0.05, 0) is 72.5 Å². The van der Waals surface area contributed by atoms with Crippen LogP contribution in [0, 0.1) is 5.82 Å². The second-order valence-electron chi connectivity index (χ2n) is 8.04. The Morgan fingerprint density at radius 2 is 1.77 bits per heavy atom. The Labute approximate surface area is 207 Å². The van der Waals surface area contributed by atoms with E-state index in [2.05, 4.69) is 0 Å². The van der Waals surface area contributed by atoms with Gasteiger partial charge in [-0.2, -0.15) is 0 Å². The molecule has 5 heteroatoms. The molecule has 3 aromatic carbocycles. The molecule has 0 saturated heterocycles. The van der Waals surface area contributed by atoms with Crippen LogP contribution in [0.25, 0.3) is 5.76 Å². The SMILES string of the molecule is CCOc1ccc(C2=C(/C=C/C(=O)c3cccs3)[C@@H](c3ccc(F)cc3)c3ccccc3O2)cc1. The molecule has 0 N–H and O–H groups in total. The van der Waals surface area contributed by atoms with Gasteiger partial charge in [0.15, 0.2) is 5.78 Å². The number of hydrogen-bond acceptors (Lipinski definition) is 4. The number of hydrogen-bond donors (Lipinski definition) is 0. The largest absolute Gasteiger partial charge is 0.494 e. The van der Waals surface area contributed by atoms with E-state index in [9.17, 15) is 9.18 Å². The van der Waals surface area contributed by atoms with Crippen molar-refractivity contribution in [1.29, 1.82) is 0 Å². The van der Waals surface area contributed by atoms with Gasteiger partial charge in [-0.15, -0.1) is 11.3 Å². The van der Waals surface area contributed by atoms with Crippen LogP contribution < -0.4 is 9.47 Å². The Morgan fingerprint density at radius 3 is 2.49 bits per heavy atom. The molecule has 0 radical (unpaired) electrons. The van der Waals surface area contributed by atoms with Crippen molar-refractivity contribution >= 4 is 22.9 Å². The normalized spacial score (nSPS) is 15.1. The van der Waals surface area contributed by atoms with E-state index in [1.165, 1.54) is 23.5 Å². The first-order chi connectivity index (χ1) is 17.1. The Kier molecular flexibility index (Phi) is 6.59. The molecule has 0 unspecified atom stereocenters. The van der Waals surface area contributed by atoms with E-state index in [1.54, 1.807) is 18.2 Å². The third-order valence-corrected chi connectivity index (χ3v) is 6.71. The molecule has 0 spiro atoms. The highest BCUT2D eigenvalue weighted by molar-refractivity contribution is 7.12. The third kappa shape index (κ3) is 4.81. The molecular weight excluding hydrogens is 459 g/mol. The first kappa shape index (κ1) is 22.8. The lowest BCUT2D eigenvalue weighted by Crippen LogP contribution is -2.16. The van der Waals surface area contributed by atoms with Crippen LogP contribution in [0.3, 0.4) is 0 Å². The van der Waals surface area contributed by atoms with E-state index in [0.717, 1.165) is 33.8 Å². The summed E-state index contributed by atoms with van der Waals surface area (Å²) in [6.45, 7) is 2.52. The second-order valence-corrected chi connectivity index (χ2v) is 8.99. The van der Waals surface area contributed by atoms with E-state index < -0.39 is 0 Å². The number of allylic oxidation sites excluding steroid dienone is 3. The third-order valence-electron chi connectivity index (χ3n) is 5.82. The van der Waals surface area contributed by atoms with Gasteiger partial charge < -0.3 is 9.47 Å². The van der Waals surface area contributed by atoms with E-state index in [-0.39, 0.29) is 17.5 Å². The van der Waals surface area contributed by atoms with Gasteiger partial charge in [0.25, 0.3) is 0 Å². The molecule has 1 atom stereocenters. The van der Waals surface area contributed by atoms with Crippen LogP contribution in [-0.4, -0.2) is 12.4 Å². The van der Waals surface area contributed by atoms with Crippen LogP contribution in [0.1, 0.15) is 39.2 Å². The summed E-state index contributed by atoms with van der Waals surface area (Å²) in [6, 6.07) is 25.7. The smallest absolute Gasteiger partial charge is 0.195 e. The highest BCUT2D eigenvalue weighted by atomic mass is 32.1. The van der Waals surface area contributed by atoms with E-state index in [1.807, 2.05) is 79.0 Å². The number of benzene rings is 3. The van der Waals surface area contributed by atoms with Gasteiger partial charge in [-0.1, -0.05) is 42.5 Å². The van der Waals surface area contributed by atoms with Crippen LogP contribution in [0.5, 0.6) is 11.5 Å². The number of carbonyl (C=O) groups is 1. The number of ketones is 1. The summed E-state index contributed by atoms with van der Waals surface area (Å²) in [6.07, 6.45) is 3.42. The minimum Gasteiger partial charge on any atom is -0.494 e. The number of halogens is 1. The quantitative estimate of drug-likeness (QED) is 0.200. The maximum absolute atomic E-state index is 13.8. The Morgan fingerprint density at radius 1 is 1.00 bits per heavy atom. The zero-order valence-corrected chi connectivity index (χ0v) is 19.9. The second kappa shape index (κ2) is 10.1. The molecule has 0 saturated carbocycles. The minimum absolute atomic E-state index is 0.0738. The molecule has 0 fully saturated rings. The zero-order valence-electron chi connectivity index (χ0n) is 19.1. The van der Waals surface area contributed by atoms with Crippen LogP contribution in [0.2, 0.25) is 0 Å². The summed E-state index contributed by atoms with van der Waals surface area (Å²) >= 11 is 1.40. The highest BCUT2D eigenvalue weighted by Crippen LogP contribution is 2.46. The fourth-order valence-corrected chi connectivity index (χ4v) is 4.87. The predicted molar refractivity (Wildman–Crippen MR) is 138 cm³/mol. The molecule has 4 aromatic rings. The molecule has 0 aliphatic carbocycles. The van der Waals surface area contributed by atoms with E-state index >= 15 is 0 Å². The van der Waals surface area contributed by atoms with Gasteiger partial charge >= 0.3 is 0 Å². The summed E-state index contributed by atoms with van der Waals surface area (Å²) in [7, 11) is 0. The molecule has 2 heterocycles. The van der Waals surface area contributed by atoms with Gasteiger partial charge in [0.05, 0.1) is 11.5 Å². The Hall–Kier alpha value is -3.96. The van der Waals surface area contributed by atoms with E-state index in [4.69, 9.17) is 9.47 Å². The number of fused-ring (bicyclic) bond motifs is 1. The van der Waals surface area contributed by atoms with Gasteiger partial charge in [0.1, 0.15) is 23.1 Å². The standard InChI is InChI=1S/C30H23FO3S/c1-2-33-23-15-11-21(12-16-23)30-25(17-18-26(32)28-8-5-19-35-28)29(20-9-13-22(31)14-10-20)24-6-3-4-7-27(24)34-30/h3-19,29H,2H2,1H3/b18-17+/t29-/m0/s1. The predicted octanol–water partition coefficient (Wildman–Crippen LogP) is 7.66. The van der Waals surface area contributed by atoms with E-state index in [0.29, 0.717) is 17.2 Å². The average molecular weight is 483 g/mol. The first-order valence-corrected chi connectivity index (χ1v) is 12.3. The highest BCUT2D eigenvalue weighted by Gasteiger charge is 2.30. The lowest BCUT2D eigenvalue weighted by Gasteiger charge is -2.30. The maximum atomic E-state index is 13.8. The lowest BCUT2D eigenvalue weighted by atomic mass is 9.81. The van der Waals surface area contributed by atoms with Crippen molar-refractivity contribution in [1.82, 2.24) is 0 Å². The van der Waals surface area contributed by atoms with Gasteiger partial charge in [-0.25, -0.2) is 4.39 Å². The van der Waals surface area contributed by atoms with Gasteiger partial charge in [-0.3, -0.25) is 4.79 Å². The number of rotatable bonds is 7. The van der Waals surface area contributed by atoms with Crippen LogP contribution >= 0.6 is 11.3 Å². The van der Waals surface area contributed by atoms with Crippen molar-refractivity contribution < 1.29 is 18.7 Å². The molecule has 5 rings (SSSR count). The van der Waals surface area contributed by atoms with Crippen molar-refractivity contribution in [2.45, 2.75) is 12.8 Å². The maximum Gasteiger partial charge on any atom is 0.195 e. The van der Waals surface area contributed by atoms with Crippen molar-refractivity contribution in [3.8, 4) is 11.5 Å². The lowest BCUT2D eigenvalue weighted by molar-refractivity contribution is 0.105. The van der Waals surface area contributed by atoms with Crippen LogP contribution in [0.4, 0.5) is 4.39 Å². The Balaban J connectivity index is 1.68. The molecule has 0 amide bonds. The summed E-state index contributed by atoms with van der Waals surface area (Å²) in [5.74, 6) is 1.54. The van der Waals surface area contributed by atoms with Crippen LogP contribution in [0.15, 0.2) is 108 Å². The Bertz CT molecular complexity index is 1380. The fraction of sp³-hybridized carbons (Fsp3) is 0.100. The molecule has 0 bridgehead atoms. The number of ether oxygens (including phenoxy) is 2. The van der Waals surface area contributed by atoms with Crippen molar-refractivity contribution in [3.63, 3.8) is 0 Å². The van der Waals surface area contributed by atoms with Gasteiger partial charge in [0.2, 0.25) is 0 Å². The number of carbonyl (C=O) groups excluding carboxylic acids is 1. The summed E-state index contributed by atoms with van der Waals surface area (Å²) in [4.78, 5) is 13.5. The summed E-state index contributed by atoms with van der Waals surface area (Å²) in [5, 5.41) is 1.88. The van der Waals surface area contributed by atoms with Crippen LogP contribution in [-0.2, 0) is 0 Å². The molecule has 1 aromatic heterocycles. The topological polar surface area (TPSA) is 35.5 Å². The molecule has 174 valence electrons. The summed E-state index contributed by atoms with van der Waals surface area (Å²) < 4.78 is 25.8. The fourth-order valence-electron chi connectivity index (χ4n) is 4.23. The molecule has 35 heavy (non-hydrogen) atoms. The van der Waals surface area contributed by atoms with Crippen molar-refractivity contribution in [3.05, 3.63) is 135 Å². The van der Waals surface area contributed by atoms with Gasteiger partial charge in [0, 0.05) is 22.6 Å². The minimum atomic E-state index is -0.297. The molecule has 3 nitrogen and oxygen atoms in total. The summed E-state index contributed by atoms with van der Waals surface area (Å²) in [5.41, 5.74) is 3.55. The van der Waals surface area contributed by atoms with Crippen molar-refractivity contribution in [2.75, 3.05) is 6.61 Å². The number of para-hydroxylation sites is 1. The average Bonchev–Trinajstić information content (AvgIpc) is 3.43. The first-order valence-electron chi connectivity index (χ1n) is 11.4. The van der Waals surface area contributed by atoms with Crippen molar-refractivity contribution in [2.24, 2.45) is 0 Å². The molecule has 1 aliphatic rings. The molecular formula is C30H23FO3S. The monoisotopic (exact) mass is 482 g/mol. The molecule has 1 aliphatic heterocycles. The zero-order chi connectivity index (χ0) is 24.2. The number of thiophene rings is 1.